The summed E-state index contributed by atoms with van der Waals surface area (Å²) >= 11 is 6.12. The van der Waals surface area contributed by atoms with E-state index in [1.807, 2.05) is 18.2 Å². The quantitative estimate of drug-likeness (QED) is 0.750. The van der Waals surface area contributed by atoms with Crippen molar-refractivity contribution < 1.29 is 9.59 Å². The fourth-order valence-electron chi connectivity index (χ4n) is 2.80. The molecule has 0 saturated carbocycles. The van der Waals surface area contributed by atoms with Crippen molar-refractivity contribution in [3.8, 4) is 0 Å². The molecule has 4 rings (SSSR count). The summed E-state index contributed by atoms with van der Waals surface area (Å²) in [6, 6.07) is 7.40. The molecule has 7 heteroatoms. The summed E-state index contributed by atoms with van der Waals surface area (Å²) in [6.45, 7) is 0.273. The molecule has 2 aromatic heterocycles. The van der Waals surface area contributed by atoms with Crippen molar-refractivity contribution in [1.82, 2.24) is 20.1 Å². The normalized spacial score (nSPS) is 13.9. The highest BCUT2D eigenvalue weighted by molar-refractivity contribution is 6.31. The summed E-state index contributed by atoms with van der Waals surface area (Å²) in [5, 5.41) is 7.78. The molecule has 3 aromatic rings. The molecule has 0 saturated heterocycles. The molecule has 3 heterocycles. The number of aromatic amines is 1. The first kappa shape index (κ1) is 13.9. The number of nitrogens with one attached hydrogen (secondary N) is 1. The molecular formula is C16H11ClN4O2. The van der Waals surface area contributed by atoms with Crippen LogP contribution in [0, 0.1) is 0 Å². The van der Waals surface area contributed by atoms with E-state index in [1.54, 1.807) is 6.07 Å². The molecule has 0 aliphatic carbocycles. The van der Waals surface area contributed by atoms with Gasteiger partial charge in [-0.25, -0.2) is 4.98 Å². The number of amides is 2. The molecule has 0 atom stereocenters. The van der Waals surface area contributed by atoms with Crippen molar-refractivity contribution in [3.05, 3.63) is 58.4 Å². The SMILES string of the molecule is O=C1c2cnc3[nH]ncc3c2C(=O)N1CCc1ccccc1Cl. The highest BCUT2D eigenvalue weighted by Gasteiger charge is 2.37. The first-order chi connectivity index (χ1) is 11.2. The largest absolute Gasteiger partial charge is 0.274 e. The molecule has 0 fully saturated rings. The Bertz CT molecular complexity index is 950. The number of H-pyrrole nitrogens is 1. The molecule has 2 amide bonds. The maximum absolute atomic E-state index is 12.6. The third-order valence-corrected chi connectivity index (χ3v) is 4.35. The standard InChI is InChI=1S/C16H11ClN4O2/c17-12-4-2-1-3-9(12)5-6-21-15(22)11-7-18-14-10(8-19-20-14)13(11)16(21)23/h1-4,7-8H,5-6H2,(H,18,19,20). The fourth-order valence-corrected chi connectivity index (χ4v) is 3.03. The van der Waals surface area contributed by atoms with E-state index in [4.69, 9.17) is 11.6 Å². The zero-order chi connectivity index (χ0) is 16.0. The third kappa shape index (κ3) is 2.10. The lowest BCUT2D eigenvalue weighted by Gasteiger charge is -2.14. The third-order valence-electron chi connectivity index (χ3n) is 3.98. The van der Waals surface area contributed by atoms with Crippen LogP contribution in [0.4, 0.5) is 0 Å². The second-order valence-corrected chi connectivity index (χ2v) is 5.69. The van der Waals surface area contributed by atoms with Gasteiger partial charge in [-0.05, 0) is 18.1 Å². The van der Waals surface area contributed by atoms with Crippen LogP contribution in [0.1, 0.15) is 26.3 Å². The minimum atomic E-state index is -0.326. The van der Waals surface area contributed by atoms with E-state index in [1.165, 1.54) is 17.3 Å². The number of benzene rings is 1. The molecule has 1 aliphatic heterocycles. The van der Waals surface area contributed by atoms with Crippen LogP contribution < -0.4 is 0 Å². The van der Waals surface area contributed by atoms with Crippen LogP contribution in [0.15, 0.2) is 36.7 Å². The van der Waals surface area contributed by atoms with Gasteiger partial charge >= 0.3 is 0 Å². The highest BCUT2D eigenvalue weighted by atomic mass is 35.5. The van der Waals surface area contributed by atoms with E-state index in [0.29, 0.717) is 33.6 Å². The molecule has 0 bridgehead atoms. The topological polar surface area (TPSA) is 79.0 Å². The predicted molar refractivity (Wildman–Crippen MR) is 84.4 cm³/mol. The number of fused-ring (bicyclic) bond motifs is 3. The number of carbonyl (C=O) groups excluding carboxylic acids is 2. The summed E-state index contributed by atoms with van der Waals surface area (Å²) in [7, 11) is 0. The Morgan fingerprint density at radius 3 is 2.78 bits per heavy atom. The molecule has 114 valence electrons. The molecule has 6 nitrogen and oxygen atoms in total. The van der Waals surface area contributed by atoms with Crippen LogP contribution in [0.2, 0.25) is 5.02 Å². The van der Waals surface area contributed by atoms with E-state index in [2.05, 4.69) is 15.2 Å². The van der Waals surface area contributed by atoms with Gasteiger partial charge in [0.15, 0.2) is 5.65 Å². The average molecular weight is 327 g/mol. The summed E-state index contributed by atoms with van der Waals surface area (Å²) in [4.78, 5) is 30.5. The average Bonchev–Trinajstić information content (AvgIpc) is 3.11. The van der Waals surface area contributed by atoms with Crippen molar-refractivity contribution in [2.75, 3.05) is 6.54 Å². The Balaban J connectivity index is 1.65. The molecule has 1 aromatic carbocycles. The van der Waals surface area contributed by atoms with Crippen LogP contribution in [0.5, 0.6) is 0 Å². The van der Waals surface area contributed by atoms with Gasteiger partial charge in [0.1, 0.15) is 0 Å². The number of rotatable bonds is 3. The van der Waals surface area contributed by atoms with E-state index in [0.717, 1.165) is 5.56 Å². The van der Waals surface area contributed by atoms with E-state index < -0.39 is 0 Å². The van der Waals surface area contributed by atoms with E-state index in [9.17, 15) is 9.59 Å². The maximum Gasteiger partial charge on any atom is 0.263 e. The smallest absolute Gasteiger partial charge is 0.263 e. The minimum absolute atomic E-state index is 0.273. The molecule has 0 spiro atoms. The number of nitrogens with zero attached hydrogens (tertiary/aromatic N) is 3. The molecule has 1 aliphatic rings. The van der Waals surface area contributed by atoms with Gasteiger partial charge < -0.3 is 0 Å². The summed E-state index contributed by atoms with van der Waals surface area (Å²) in [5.41, 5.74) is 2.09. The van der Waals surface area contributed by atoms with Crippen molar-refractivity contribution in [1.29, 1.82) is 0 Å². The van der Waals surface area contributed by atoms with Crippen LogP contribution in [0.25, 0.3) is 11.0 Å². The van der Waals surface area contributed by atoms with Gasteiger partial charge in [0.2, 0.25) is 0 Å². The zero-order valence-electron chi connectivity index (χ0n) is 11.9. The first-order valence-electron chi connectivity index (χ1n) is 7.08. The second kappa shape index (κ2) is 5.17. The Kier molecular flexibility index (Phi) is 3.12. The van der Waals surface area contributed by atoms with Gasteiger partial charge in [-0.1, -0.05) is 29.8 Å². The number of halogens is 1. The summed E-state index contributed by atoms with van der Waals surface area (Å²) in [6.07, 6.45) is 3.45. The highest BCUT2D eigenvalue weighted by Crippen LogP contribution is 2.28. The molecular weight excluding hydrogens is 316 g/mol. The summed E-state index contributed by atoms with van der Waals surface area (Å²) < 4.78 is 0. The number of imide groups is 1. The monoisotopic (exact) mass is 326 g/mol. The lowest BCUT2D eigenvalue weighted by Crippen LogP contribution is -2.31. The lowest BCUT2D eigenvalue weighted by atomic mass is 10.1. The van der Waals surface area contributed by atoms with Crippen molar-refractivity contribution in [3.63, 3.8) is 0 Å². The van der Waals surface area contributed by atoms with Gasteiger partial charge in [-0.3, -0.25) is 19.6 Å². The number of hydrogen-bond acceptors (Lipinski definition) is 4. The maximum atomic E-state index is 12.6. The molecule has 0 radical (unpaired) electrons. The van der Waals surface area contributed by atoms with Crippen LogP contribution >= 0.6 is 11.6 Å². The van der Waals surface area contributed by atoms with Gasteiger partial charge in [0.05, 0.1) is 22.7 Å². The van der Waals surface area contributed by atoms with Gasteiger partial charge in [0.25, 0.3) is 11.8 Å². The van der Waals surface area contributed by atoms with Crippen LogP contribution in [-0.2, 0) is 6.42 Å². The number of carbonyl (C=O) groups is 2. The van der Waals surface area contributed by atoms with Gasteiger partial charge in [-0.2, -0.15) is 5.10 Å². The Morgan fingerprint density at radius 2 is 1.96 bits per heavy atom. The Labute approximate surface area is 136 Å². The van der Waals surface area contributed by atoms with E-state index >= 15 is 0 Å². The first-order valence-corrected chi connectivity index (χ1v) is 7.46. The minimum Gasteiger partial charge on any atom is -0.274 e. The predicted octanol–water partition coefficient (Wildman–Crippen LogP) is 2.45. The lowest BCUT2D eigenvalue weighted by molar-refractivity contribution is 0.0656. The Morgan fingerprint density at radius 1 is 1.13 bits per heavy atom. The van der Waals surface area contributed by atoms with E-state index in [-0.39, 0.29) is 18.4 Å². The van der Waals surface area contributed by atoms with Crippen molar-refractivity contribution >= 4 is 34.4 Å². The van der Waals surface area contributed by atoms with Crippen LogP contribution in [0.3, 0.4) is 0 Å². The molecule has 1 N–H and O–H groups in total. The van der Waals surface area contributed by atoms with Crippen LogP contribution in [-0.4, -0.2) is 38.4 Å². The van der Waals surface area contributed by atoms with Gasteiger partial charge in [-0.15, -0.1) is 0 Å². The number of pyridine rings is 1. The summed E-state index contributed by atoms with van der Waals surface area (Å²) in [5.74, 6) is -0.640. The van der Waals surface area contributed by atoms with Crippen molar-refractivity contribution in [2.45, 2.75) is 6.42 Å². The second-order valence-electron chi connectivity index (χ2n) is 5.28. The number of aromatic nitrogens is 3. The fraction of sp³-hybridized carbons (Fsp3) is 0.125. The van der Waals surface area contributed by atoms with Crippen molar-refractivity contribution in [2.24, 2.45) is 0 Å². The molecule has 0 unspecified atom stereocenters. The Hall–Kier alpha value is -2.73. The zero-order valence-corrected chi connectivity index (χ0v) is 12.7. The molecule has 23 heavy (non-hydrogen) atoms. The van der Waals surface area contributed by atoms with Gasteiger partial charge in [0, 0.05) is 17.8 Å². The number of hydrogen-bond donors (Lipinski definition) is 1.